The van der Waals surface area contributed by atoms with Crippen LogP contribution in [0.5, 0.6) is 0 Å². The first-order valence-corrected chi connectivity index (χ1v) is 5.45. The van der Waals surface area contributed by atoms with Crippen molar-refractivity contribution in [3.8, 4) is 0 Å². The third kappa shape index (κ3) is 2.28. The highest BCUT2D eigenvalue weighted by atomic mass is 16.4. The van der Waals surface area contributed by atoms with E-state index in [0.717, 1.165) is 6.42 Å². The predicted molar refractivity (Wildman–Crippen MR) is 59.3 cm³/mol. The van der Waals surface area contributed by atoms with Gasteiger partial charge in [0.05, 0.1) is 5.41 Å². The molecule has 0 aromatic heterocycles. The second-order valence-electron chi connectivity index (χ2n) is 5.14. The fourth-order valence-electron chi connectivity index (χ4n) is 1.81. The molecule has 0 bridgehead atoms. The molecule has 0 saturated carbocycles. The Bertz CT molecular complexity index is 208. The van der Waals surface area contributed by atoms with Gasteiger partial charge in [0.1, 0.15) is 0 Å². The lowest BCUT2D eigenvalue weighted by molar-refractivity contribution is -0.154. The number of aliphatic carboxylic acids is 1. The number of hydrogen-bond donors (Lipinski definition) is 1. The van der Waals surface area contributed by atoms with Gasteiger partial charge in [-0.3, -0.25) is 4.79 Å². The molecule has 0 aliphatic heterocycles. The van der Waals surface area contributed by atoms with Gasteiger partial charge < -0.3 is 5.11 Å². The third-order valence-corrected chi connectivity index (χ3v) is 4.26. The largest absolute Gasteiger partial charge is 0.481 e. The molecule has 1 N–H and O–H groups in total. The molecule has 0 aliphatic carbocycles. The number of carboxylic acid groups (broad SMARTS) is 1. The van der Waals surface area contributed by atoms with Crippen LogP contribution in [0.1, 0.15) is 54.4 Å². The predicted octanol–water partition coefficient (Wildman–Crippen LogP) is 3.56. The van der Waals surface area contributed by atoms with Crippen LogP contribution in [-0.2, 0) is 4.79 Å². The summed E-state index contributed by atoms with van der Waals surface area (Å²) in [5, 5.41) is 9.26. The van der Waals surface area contributed by atoms with Gasteiger partial charge in [-0.2, -0.15) is 0 Å². The van der Waals surface area contributed by atoms with Crippen molar-refractivity contribution in [3.63, 3.8) is 0 Å². The van der Waals surface area contributed by atoms with Crippen molar-refractivity contribution in [3.05, 3.63) is 0 Å². The van der Waals surface area contributed by atoms with E-state index in [9.17, 15) is 9.90 Å². The minimum atomic E-state index is -0.672. The quantitative estimate of drug-likeness (QED) is 0.736. The lowest BCUT2D eigenvalue weighted by Gasteiger charge is -2.41. The van der Waals surface area contributed by atoms with Crippen molar-refractivity contribution >= 4 is 5.97 Å². The molecule has 14 heavy (non-hydrogen) atoms. The summed E-state index contributed by atoms with van der Waals surface area (Å²) in [6.07, 6.45) is 1.70. The minimum Gasteiger partial charge on any atom is -0.481 e. The fourth-order valence-corrected chi connectivity index (χ4v) is 1.81. The Balaban J connectivity index is 4.97. The first kappa shape index (κ1) is 13.5. The molecule has 0 fully saturated rings. The average molecular weight is 200 g/mol. The Hall–Kier alpha value is -0.530. The molecule has 2 nitrogen and oxygen atoms in total. The Morgan fingerprint density at radius 2 is 1.64 bits per heavy atom. The number of hydrogen-bond acceptors (Lipinski definition) is 1. The van der Waals surface area contributed by atoms with Gasteiger partial charge in [-0.05, 0) is 24.7 Å². The van der Waals surface area contributed by atoms with Gasteiger partial charge in [-0.1, -0.05) is 41.0 Å². The van der Waals surface area contributed by atoms with E-state index in [0.29, 0.717) is 6.42 Å². The maximum atomic E-state index is 11.3. The molecule has 2 unspecified atom stereocenters. The van der Waals surface area contributed by atoms with Crippen LogP contribution in [0.2, 0.25) is 0 Å². The monoisotopic (exact) mass is 200 g/mol. The summed E-state index contributed by atoms with van der Waals surface area (Å²) < 4.78 is 0. The standard InChI is InChI=1S/C12H24O2/c1-7-11(4,5)9(3)12(6,8-2)10(13)14/h9H,7-8H2,1-6H3,(H,13,14). The third-order valence-electron chi connectivity index (χ3n) is 4.26. The molecule has 0 amide bonds. The van der Waals surface area contributed by atoms with Gasteiger partial charge in [0.15, 0.2) is 0 Å². The molecule has 0 rings (SSSR count). The van der Waals surface area contributed by atoms with Crippen LogP contribution in [0.4, 0.5) is 0 Å². The maximum absolute atomic E-state index is 11.3. The van der Waals surface area contributed by atoms with Gasteiger partial charge in [0.25, 0.3) is 0 Å². The summed E-state index contributed by atoms with van der Waals surface area (Å²) in [6.45, 7) is 12.3. The molecule has 84 valence electrons. The van der Waals surface area contributed by atoms with Crippen LogP contribution < -0.4 is 0 Å². The van der Waals surface area contributed by atoms with Crippen LogP contribution in [0, 0.1) is 16.7 Å². The van der Waals surface area contributed by atoms with Gasteiger partial charge in [-0.25, -0.2) is 0 Å². The molecule has 0 aromatic rings. The summed E-state index contributed by atoms with van der Waals surface area (Å²) in [4.78, 5) is 11.3. The Labute approximate surface area is 87.7 Å². The van der Waals surface area contributed by atoms with E-state index in [-0.39, 0.29) is 11.3 Å². The molecule has 2 atom stereocenters. The second kappa shape index (κ2) is 4.33. The lowest BCUT2D eigenvalue weighted by Crippen LogP contribution is -2.41. The summed E-state index contributed by atoms with van der Waals surface area (Å²) in [5.41, 5.74) is -0.511. The van der Waals surface area contributed by atoms with Crippen molar-refractivity contribution in [2.45, 2.75) is 54.4 Å². The van der Waals surface area contributed by atoms with Crippen LogP contribution in [0.25, 0.3) is 0 Å². The second-order valence-corrected chi connectivity index (χ2v) is 5.14. The van der Waals surface area contributed by atoms with E-state index in [2.05, 4.69) is 27.7 Å². The van der Waals surface area contributed by atoms with E-state index in [1.54, 1.807) is 0 Å². The molecular formula is C12H24O2. The van der Waals surface area contributed by atoms with Crippen molar-refractivity contribution in [2.75, 3.05) is 0 Å². The van der Waals surface area contributed by atoms with Crippen molar-refractivity contribution in [1.29, 1.82) is 0 Å². The van der Waals surface area contributed by atoms with Crippen molar-refractivity contribution in [2.24, 2.45) is 16.7 Å². The van der Waals surface area contributed by atoms with Gasteiger partial charge in [0.2, 0.25) is 0 Å². The lowest BCUT2D eigenvalue weighted by atomic mass is 9.63. The minimum absolute atomic E-state index is 0.0865. The van der Waals surface area contributed by atoms with E-state index >= 15 is 0 Å². The highest BCUT2D eigenvalue weighted by Crippen LogP contribution is 2.44. The molecule has 0 heterocycles. The van der Waals surface area contributed by atoms with Crippen LogP contribution in [0.15, 0.2) is 0 Å². The Kier molecular flexibility index (Phi) is 4.16. The summed E-state index contributed by atoms with van der Waals surface area (Å²) >= 11 is 0. The zero-order valence-electron chi connectivity index (χ0n) is 10.3. The molecule has 0 spiro atoms. The number of carbonyl (C=O) groups is 1. The summed E-state index contributed by atoms with van der Waals surface area (Å²) in [5.74, 6) is -0.489. The van der Waals surface area contributed by atoms with Crippen molar-refractivity contribution < 1.29 is 9.90 Å². The first-order valence-electron chi connectivity index (χ1n) is 5.45. The van der Waals surface area contributed by atoms with Crippen LogP contribution in [0.3, 0.4) is 0 Å². The van der Waals surface area contributed by atoms with E-state index in [1.165, 1.54) is 0 Å². The average Bonchev–Trinajstić information content (AvgIpc) is 2.15. The Morgan fingerprint density at radius 1 is 1.21 bits per heavy atom. The SMILES string of the molecule is CCC(C)(C)C(C)C(C)(CC)C(=O)O. The smallest absolute Gasteiger partial charge is 0.309 e. The summed E-state index contributed by atoms with van der Waals surface area (Å²) in [7, 11) is 0. The summed E-state index contributed by atoms with van der Waals surface area (Å²) in [6, 6.07) is 0. The topological polar surface area (TPSA) is 37.3 Å². The van der Waals surface area contributed by atoms with Crippen molar-refractivity contribution in [1.82, 2.24) is 0 Å². The molecule has 0 aliphatic rings. The van der Waals surface area contributed by atoms with Gasteiger partial charge >= 0.3 is 5.97 Å². The molecule has 0 aromatic carbocycles. The van der Waals surface area contributed by atoms with Gasteiger partial charge in [0, 0.05) is 0 Å². The van der Waals surface area contributed by atoms with Crippen LogP contribution in [-0.4, -0.2) is 11.1 Å². The number of carboxylic acids is 1. The Morgan fingerprint density at radius 3 is 1.86 bits per heavy atom. The molecule has 2 heteroatoms. The highest BCUT2D eigenvalue weighted by Gasteiger charge is 2.43. The van der Waals surface area contributed by atoms with Crippen LogP contribution >= 0.6 is 0 Å². The first-order chi connectivity index (χ1) is 6.22. The fraction of sp³-hybridized carbons (Fsp3) is 0.917. The molecule has 0 radical (unpaired) electrons. The van der Waals surface area contributed by atoms with E-state index in [4.69, 9.17) is 0 Å². The van der Waals surface area contributed by atoms with E-state index < -0.39 is 11.4 Å². The maximum Gasteiger partial charge on any atom is 0.309 e. The molecule has 0 saturated heterocycles. The molecular weight excluding hydrogens is 176 g/mol. The normalized spacial score (nSPS) is 18.7. The number of rotatable bonds is 5. The van der Waals surface area contributed by atoms with Gasteiger partial charge in [-0.15, -0.1) is 0 Å². The zero-order valence-corrected chi connectivity index (χ0v) is 10.3. The highest BCUT2D eigenvalue weighted by molar-refractivity contribution is 5.74. The van der Waals surface area contributed by atoms with E-state index in [1.807, 2.05) is 13.8 Å². The zero-order chi connectivity index (χ0) is 11.6.